The first-order chi connectivity index (χ1) is 16.2. The number of nitrogens with one attached hydrogen (secondary N) is 2. The lowest BCUT2D eigenvalue weighted by atomic mass is 9.83. The summed E-state index contributed by atoms with van der Waals surface area (Å²) in [7, 11) is 4.70. The van der Waals surface area contributed by atoms with Crippen LogP contribution in [0.25, 0.3) is 21.9 Å². The topological polar surface area (TPSA) is 85.9 Å². The maximum Gasteiger partial charge on any atom is 0.326 e. The van der Waals surface area contributed by atoms with Gasteiger partial charge in [-0.05, 0) is 52.1 Å². The number of hydrogen-bond donors (Lipinski definition) is 2. The van der Waals surface area contributed by atoms with E-state index in [2.05, 4.69) is 37.5 Å². The molecule has 2 N–H and O–H groups in total. The fourth-order valence-corrected chi connectivity index (χ4v) is 3.66. The summed E-state index contributed by atoms with van der Waals surface area (Å²) in [6.45, 7) is 6.22. The first-order valence-corrected chi connectivity index (χ1v) is 10.8. The third-order valence-electron chi connectivity index (χ3n) is 5.31. The summed E-state index contributed by atoms with van der Waals surface area (Å²) in [6.07, 6.45) is 2.32. The van der Waals surface area contributed by atoms with Gasteiger partial charge in [0.15, 0.2) is 0 Å². The Morgan fingerprint density at radius 2 is 1.59 bits per heavy atom. The van der Waals surface area contributed by atoms with Gasteiger partial charge >= 0.3 is 6.03 Å². The Balaban J connectivity index is 2.07. The number of carbonyl (C=O) groups excluding carboxylic acids is 2. The monoisotopic (exact) mass is 462 g/mol. The van der Waals surface area contributed by atoms with Crippen LogP contribution in [0.4, 0.5) is 10.5 Å². The number of urea groups is 1. The Morgan fingerprint density at radius 1 is 0.882 bits per heavy atom. The van der Waals surface area contributed by atoms with E-state index in [-0.39, 0.29) is 5.41 Å². The zero-order valence-corrected chi connectivity index (χ0v) is 20.3. The van der Waals surface area contributed by atoms with Gasteiger partial charge in [0.2, 0.25) is 0 Å². The third kappa shape index (κ3) is 5.67. The molecule has 0 saturated heterocycles. The highest BCUT2D eigenvalue weighted by atomic mass is 16.5. The summed E-state index contributed by atoms with van der Waals surface area (Å²) >= 11 is 0. The summed E-state index contributed by atoms with van der Waals surface area (Å²) in [4.78, 5) is 24.2. The third-order valence-corrected chi connectivity index (χ3v) is 5.31. The molecule has 3 aromatic rings. The average molecular weight is 463 g/mol. The zero-order valence-electron chi connectivity index (χ0n) is 20.3. The smallest absolute Gasteiger partial charge is 0.326 e. The number of amides is 3. The van der Waals surface area contributed by atoms with Crippen LogP contribution in [-0.2, 0) is 14.9 Å². The number of fused-ring (bicyclic) bond motifs is 1. The van der Waals surface area contributed by atoms with Crippen molar-refractivity contribution in [2.45, 2.75) is 26.2 Å². The van der Waals surface area contributed by atoms with Gasteiger partial charge in [0.1, 0.15) is 11.5 Å². The summed E-state index contributed by atoms with van der Waals surface area (Å²) in [5, 5.41) is 7.10. The van der Waals surface area contributed by atoms with Crippen molar-refractivity contribution in [3.63, 3.8) is 0 Å². The molecule has 0 saturated carbocycles. The molecule has 3 amide bonds. The number of carbonyl (C=O) groups is 2. The second-order valence-electron chi connectivity index (χ2n) is 8.76. The van der Waals surface area contributed by atoms with Crippen LogP contribution in [0.3, 0.4) is 0 Å². The van der Waals surface area contributed by atoms with Crippen molar-refractivity contribution in [1.29, 1.82) is 0 Å². The fourth-order valence-electron chi connectivity index (χ4n) is 3.66. The first kappa shape index (κ1) is 24.6. The highest BCUT2D eigenvalue weighted by molar-refractivity contribution is 6.05. The molecule has 7 heteroatoms. The molecule has 0 heterocycles. The van der Waals surface area contributed by atoms with Crippen LogP contribution in [0.15, 0.2) is 60.9 Å². The van der Waals surface area contributed by atoms with Crippen LogP contribution in [-0.4, -0.2) is 33.3 Å². The van der Waals surface area contributed by atoms with Crippen LogP contribution in [0, 0.1) is 0 Å². The largest absolute Gasteiger partial charge is 0.504 e. The van der Waals surface area contributed by atoms with Gasteiger partial charge in [-0.15, -0.1) is 0 Å². The Labute approximate surface area is 199 Å². The predicted molar refractivity (Wildman–Crippen MR) is 134 cm³/mol. The Hall–Kier alpha value is -4.00. The molecule has 3 aromatic carbocycles. The van der Waals surface area contributed by atoms with E-state index in [0.717, 1.165) is 45.0 Å². The normalized spacial score (nSPS) is 11.4. The average Bonchev–Trinajstić information content (AvgIpc) is 2.80. The van der Waals surface area contributed by atoms with Gasteiger partial charge in [-0.25, -0.2) is 4.79 Å². The van der Waals surface area contributed by atoms with E-state index in [4.69, 9.17) is 14.2 Å². The van der Waals surface area contributed by atoms with Gasteiger partial charge in [-0.3, -0.25) is 10.1 Å². The lowest BCUT2D eigenvalue weighted by Gasteiger charge is -2.25. The Morgan fingerprint density at radius 3 is 2.24 bits per heavy atom. The van der Waals surface area contributed by atoms with Crippen molar-refractivity contribution in [2.24, 2.45) is 0 Å². The lowest BCUT2D eigenvalue weighted by Crippen LogP contribution is -2.33. The predicted octanol–water partition coefficient (Wildman–Crippen LogP) is 5.63. The molecule has 0 bridgehead atoms. The van der Waals surface area contributed by atoms with Crippen LogP contribution >= 0.6 is 0 Å². The summed E-state index contributed by atoms with van der Waals surface area (Å²) < 4.78 is 15.9. The van der Waals surface area contributed by atoms with Crippen LogP contribution < -0.4 is 20.1 Å². The maximum atomic E-state index is 12.4. The molecule has 0 radical (unpaired) electrons. The summed E-state index contributed by atoms with van der Waals surface area (Å²) in [5.74, 6) is 0.930. The van der Waals surface area contributed by atoms with Gasteiger partial charge in [0, 0.05) is 22.9 Å². The van der Waals surface area contributed by atoms with Gasteiger partial charge in [-0.1, -0.05) is 39.0 Å². The Kier molecular flexibility index (Phi) is 7.46. The Bertz CT molecular complexity index is 1240. The number of ether oxygens (including phenoxy) is 3. The molecule has 0 atom stereocenters. The van der Waals surface area contributed by atoms with Gasteiger partial charge in [-0.2, -0.15) is 0 Å². The molecule has 34 heavy (non-hydrogen) atoms. The molecular formula is C27H30N2O5. The van der Waals surface area contributed by atoms with E-state index in [0.29, 0.717) is 5.69 Å². The van der Waals surface area contributed by atoms with E-state index in [1.807, 2.05) is 42.5 Å². The van der Waals surface area contributed by atoms with Crippen molar-refractivity contribution in [2.75, 3.05) is 26.6 Å². The highest BCUT2D eigenvalue weighted by Gasteiger charge is 2.24. The molecule has 0 aliphatic rings. The zero-order chi connectivity index (χ0) is 24.9. The number of rotatable bonds is 6. The SMILES string of the molecule is CO/C=C/C(=O)NC(=O)Nc1cc(-c2ccc3cc(OC)ccc3c2)c(OC)c(C(C)(C)C)c1. The molecule has 3 rings (SSSR count). The van der Waals surface area contributed by atoms with E-state index >= 15 is 0 Å². The van der Waals surface area contributed by atoms with E-state index in [1.54, 1.807) is 14.2 Å². The van der Waals surface area contributed by atoms with E-state index < -0.39 is 11.9 Å². The fraction of sp³-hybridized carbons (Fsp3) is 0.259. The van der Waals surface area contributed by atoms with Gasteiger partial charge in [0.05, 0.1) is 27.6 Å². The first-order valence-electron chi connectivity index (χ1n) is 10.8. The van der Waals surface area contributed by atoms with E-state index in [1.165, 1.54) is 13.4 Å². The van der Waals surface area contributed by atoms with Crippen molar-refractivity contribution < 1.29 is 23.8 Å². The second-order valence-corrected chi connectivity index (χ2v) is 8.76. The number of benzene rings is 3. The lowest BCUT2D eigenvalue weighted by molar-refractivity contribution is -0.115. The van der Waals surface area contributed by atoms with Crippen molar-refractivity contribution in [3.05, 3.63) is 66.4 Å². The number of imide groups is 1. The molecule has 0 aliphatic carbocycles. The van der Waals surface area contributed by atoms with Crippen LogP contribution in [0.2, 0.25) is 0 Å². The van der Waals surface area contributed by atoms with E-state index in [9.17, 15) is 9.59 Å². The molecule has 0 aromatic heterocycles. The van der Waals surface area contributed by atoms with Crippen molar-refractivity contribution in [3.8, 4) is 22.6 Å². The molecule has 7 nitrogen and oxygen atoms in total. The highest BCUT2D eigenvalue weighted by Crippen LogP contribution is 2.42. The van der Waals surface area contributed by atoms with Crippen LogP contribution in [0.5, 0.6) is 11.5 Å². The molecule has 0 aliphatic heterocycles. The maximum absolute atomic E-state index is 12.4. The summed E-state index contributed by atoms with van der Waals surface area (Å²) in [5.41, 5.74) is 2.95. The number of anilines is 1. The summed E-state index contributed by atoms with van der Waals surface area (Å²) in [6, 6.07) is 15.1. The van der Waals surface area contributed by atoms with Gasteiger partial charge in [0.25, 0.3) is 5.91 Å². The molecular weight excluding hydrogens is 432 g/mol. The standard InChI is InChI=1S/C27H30N2O5/c1-27(2,3)23-16-20(28-26(31)29-24(30)11-12-32-4)15-22(25(23)34-6)19-8-7-18-14-21(33-5)10-9-17(18)13-19/h7-16H,1-6H3,(H2,28,29,30,31)/b12-11+. The minimum absolute atomic E-state index is 0.268. The number of methoxy groups -OCH3 is 3. The van der Waals surface area contributed by atoms with Crippen LogP contribution in [0.1, 0.15) is 26.3 Å². The molecule has 0 spiro atoms. The van der Waals surface area contributed by atoms with Gasteiger partial charge < -0.3 is 19.5 Å². The molecule has 0 unspecified atom stereocenters. The molecule has 0 fully saturated rings. The minimum atomic E-state index is -0.646. The minimum Gasteiger partial charge on any atom is -0.504 e. The van der Waals surface area contributed by atoms with Crippen molar-refractivity contribution >= 4 is 28.4 Å². The van der Waals surface area contributed by atoms with Crippen molar-refractivity contribution in [1.82, 2.24) is 5.32 Å². The quantitative estimate of drug-likeness (QED) is 0.366. The second kappa shape index (κ2) is 10.3. The number of hydrogen-bond acceptors (Lipinski definition) is 5. The molecule has 178 valence electrons.